The number of rotatable bonds is 3. The molecule has 0 atom stereocenters. The molecule has 6 heterocycles. The number of carbonyl (C=O) groups is 1. The number of hydrogen-bond acceptors (Lipinski definition) is 7. The van der Waals surface area contributed by atoms with Gasteiger partial charge in [-0.05, 0) is 67.4 Å². The van der Waals surface area contributed by atoms with Gasteiger partial charge < -0.3 is 19.5 Å². The zero-order valence-corrected chi connectivity index (χ0v) is 23.1. The van der Waals surface area contributed by atoms with Crippen LogP contribution >= 0.6 is 0 Å². The Bertz CT molecular complexity index is 2130. The molecular formula is C32H26N8O3. The van der Waals surface area contributed by atoms with Crippen molar-refractivity contribution >= 4 is 45.2 Å². The number of benzene rings is 2. The van der Waals surface area contributed by atoms with Gasteiger partial charge >= 0.3 is 0 Å². The first-order valence-corrected chi connectivity index (χ1v) is 14.1. The highest BCUT2D eigenvalue weighted by Crippen LogP contribution is 2.35. The number of allylic oxidation sites excluding steroid dienone is 2. The molecule has 11 nitrogen and oxygen atoms in total. The first kappa shape index (κ1) is 25.0. The normalized spacial score (nSPS) is 15.4. The molecule has 1 N–H and O–H groups in total. The summed E-state index contributed by atoms with van der Waals surface area (Å²) >= 11 is 0. The van der Waals surface area contributed by atoms with E-state index < -0.39 is 0 Å². The summed E-state index contributed by atoms with van der Waals surface area (Å²) in [4.78, 5) is 41.7. The zero-order chi connectivity index (χ0) is 28.9. The van der Waals surface area contributed by atoms with Crippen molar-refractivity contribution in [3.05, 3.63) is 102 Å². The summed E-state index contributed by atoms with van der Waals surface area (Å²) in [6.07, 6.45) is 12.8. The van der Waals surface area contributed by atoms with E-state index in [9.17, 15) is 9.59 Å². The van der Waals surface area contributed by atoms with Crippen LogP contribution in [0.5, 0.6) is 5.75 Å². The molecule has 0 saturated heterocycles. The largest absolute Gasteiger partial charge is 0.482 e. The van der Waals surface area contributed by atoms with Crippen LogP contribution in [0.1, 0.15) is 12.8 Å². The Hall–Kier alpha value is -5.71. The first-order valence-electron chi connectivity index (χ1n) is 14.1. The summed E-state index contributed by atoms with van der Waals surface area (Å²) in [6.45, 7) is 0.981. The number of ether oxygens (including phenoxy) is 1. The van der Waals surface area contributed by atoms with E-state index in [4.69, 9.17) is 9.72 Å². The second-order valence-corrected chi connectivity index (χ2v) is 10.5. The number of carbonyl (C=O) groups excluding carboxylic acids is 1. The maximum atomic E-state index is 13.6. The van der Waals surface area contributed by atoms with Gasteiger partial charge in [0, 0.05) is 36.2 Å². The SMILES string of the molecule is O=C1COc2ccc3cc2N1CCC/C=C\Cn1c(=O)c2cnc(Nc4ccc5c(ccn5-c5cccnc5)c4)nc2n1-3. The van der Waals surface area contributed by atoms with E-state index in [0.29, 0.717) is 47.2 Å². The standard InChI is InChI=1S/C32H26N8O3/c41-29-20-43-28-10-8-23-17-27(28)38(29)13-3-1-2-4-14-39-31(42)25-19-34-32(36-30(25)40(23)39)35-22-7-9-26-21(16-22)11-15-37(26)24-6-5-12-33-18-24/h2,4-12,15-19H,1,3,13-14,20H2,(H,34,35,36)/b4-2-. The summed E-state index contributed by atoms with van der Waals surface area (Å²) in [6, 6.07) is 17.6. The molecule has 0 saturated carbocycles. The number of nitrogens with zero attached hydrogens (tertiary/aromatic N) is 7. The Morgan fingerprint density at radius 2 is 1.91 bits per heavy atom. The predicted octanol–water partition coefficient (Wildman–Crippen LogP) is 4.74. The third-order valence-corrected chi connectivity index (χ3v) is 7.87. The summed E-state index contributed by atoms with van der Waals surface area (Å²) < 4.78 is 11.2. The number of amides is 1. The smallest absolute Gasteiger partial charge is 0.278 e. The molecule has 212 valence electrons. The maximum Gasteiger partial charge on any atom is 0.278 e. The van der Waals surface area contributed by atoms with Crippen molar-refractivity contribution in [2.24, 2.45) is 0 Å². The molecule has 1 amide bonds. The molecule has 0 unspecified atom stereocenters. The molecule has 0 aliphatic carbocycles. The number of anilines is 3. The molecule has 2 aliphatic rings. The lowest BCUT2D eigenvalue weighted by atomic mass is 10.1. The van der Waals surface area contributed by atoms with Crippen molar-refractivity contribution in [1.82, 2.24) is 28.9 Å². The monoisotopic (exact) mass is 570 g/mol. The highest BCUT2D eigenvalue weighted by Gasteiger charge is 2.27. The van der Waals surface area contributed by atoms with Crippen LogP contribution in [-0.2, 0) is 11.3 Å². The fraction of sp³-hybridized carbons (Fsp3) is 0.156. The van der Waals surface area contributed by atoms with Crippen LogP contribution in [0, 0.1) is 0 Å². The minimum absolute atomic E-state index is 0.0155. The molecule has 4 aromatic heterocycles. The third-order valence-electron chi connectivity index (χ3n) is 7.87. The lowest BCUT2D eigenvalue weighted by molar-refractivity contribution is -0.121. The van der Waals surface area contributed by atoms with E-state index in [1.54, 1.807) is 26.7 Å². The van der Waals surface area contributed by atoms with Crippen LogP contribution in [0.3, 0.4) is 0 Å². The van der Waals surface area contributed by atoms with E-state index in [1.165, 1.54) is 0 Å². The number of aromatic nitrogens is 6. The van der Waals surface area contributed by atoms with E-state index in [2.05, 4.69) is 19.9 Å². The lowest BCUT2D eigenvalue weighted by Gasteiger charge is -2.30. The molecule has 8 rings (SSSR count). The molecule has 6 aromatic rings. The average Bonchev–Trinajstić information content (AvgIpc) is 3.57. The van der Waals surface area contributed by atoms with Gasteiger partial charge in [0.2, 0.25) is 5.95 Å². The fourth-order valence-electron chi connectivity index (χ4n) is 5.81. The Balaban J connectivity index is 1.22. The minimum atomic E-state index is -0.191. The van der Waals surface area contributed by atoms with Crippen LogP contribution in [0.15, 0.2) is 96.3 Å². The van der Waals surface area contributed by atoms with Gasteiger partial charge in [-0.3, -0.25) is 14.6 Å². The molecule has 2 aromatic carbocycles. The summed E-state index contributed by atoms with van der Waals surface area (Å²) in [5.74, 6) is 0.923. The van der Waals surface area contributed by atoms with Gasteiger partial charge in [-0.25, -0.2) is 14.3 Å². The van der Waals surface area contributed by atoms with E-state index in [-0.39, 0.29) is 18.1 Å². The Labute approximate surface area is 245 Å². The van der Waals surface area contributed by atoms with Gasteiger partial charge in [0.05, 0.1) is 35.3 Å². The van der Waals surface area contributed by atoms with Crippen molar-refractivity contribution < 1.29 is 9.53 Å². The van der Waals surface area contributed by atoms with Gasteiger partial charge in [-0.2, -0.15) is 4.98 Å². The fourth-order valence-corrected chi connectivity index (χ4v) is 5.81. The summed E-state index contributed by atoms with van der Waals surface area (Å²) in [5.41, 5.74) is 4.51. The van der Waals surface area contributed by atoms with Crippen molar-refractivity contribution in [3.8, 4) is 17.1 Å². The molecular weight excluding hydrogens is 544 g/mol. The van der Waals surface area contributed by atoms with Crippen molar-refractivity contribution in [2.75, 3.05) is 23.4 Å². The topological polar surface area (TPSA) is 112 Å². The van der Waals surface area contributed by atoms with E-state index in [1.807, 2.05) is 79.1 Å². The van der Waals surface area contributed by atoms with Gasteiger partial charge in [-0.15, -0.1) is 0 Å². The van der Waals surface area contributed by atoms with Gasteiger partial charge in [0.25, 0.3) is 11.5 Å². The summed E-state index contributed by atoms with van der Waals surface area (Å²) in [7, 11) is 0. The second kappa shape index (κ2) is 9.98. The molecule has 11 heteroatoms. The van der Waals surface area contributed by atoms with Crippen LogP contribution < -0.4 is 20.5 Å². The average molecular weight is 571 g/mol. The number of fused-ring (bicyclic) bond motifs is 6. The third kappa shape index (κ3) is 4.24. The van der Waals surface area contributed by atoms with Crippen LogP contribution in [-0.4, -0.2) is 47.9 Å². The molecule has 2 aliphatic heterocycles. The quantitative estimate of drug-likeness (QED) is 0.306. The molecule has 43 heavy (non-hydrogen) atoms. The second-order valence-electron chi connectivity index (χ2n) is 10.5. The van der Waals surface area contributed by atoms with Gasteiger partial charge in [0.15, 0.2) is 12.3 Å². The molecule has 0 spiro atoms. The number of hydrogen-bond donors (Lipinski definition) is 1. The van der Waals surface area contributed by atoms with Crippen LogP contribution in [0.2, 0.25) is 0 Å². The van der Waals surface area contributed by atoms with E-state index >= 15 is 0 Å². The first-order chi connectivity index (χ1) is 21.1. The summed E-state index contributed by atoms with van der Waals surface area (Å²) in [5, 5.41) is 4.76. The highest BCUT2D eigenvalue weighted by atomic mass is 16.5. The predicted molar refractivity (Wildman–Crippen MR) is 164 cm³/mol. The van der Waals surface area contributed by atoms with Crippen LogP contribution in [0.4, 0.5) is 17.3 Å². The number of nitrogens with one attached hydrogen (secondary N) is 1. The maximum absolute atomic E-state index is 13.6. The van der Waals surface area contributed by atoms with Crippen molar-refractivity contribution in [2.45, 2.75) is 19.4 Å². The Kier molecular flexibility index (Phi) is 5.81. The Morgan fingerprint density at radius 1 is 0.953 bits per heavy atom. The lowest BCUT2D eigenvalue weighted by Crippen LogP contribution is -2.39. The number of pyridine rings is 1. The van der Waals surface area contributed by atoms with Crippen molar-refractivity contribution in [3.63, 3.8) is 0 Å². The highest BCUT2D eigenvalue weighted by molar-refractivity contribution is 5.98. The van der Waals surface area contributed by atoms with Gasteiger partial charge in [0.1, 0.15) is 11.1 Å². The molecule has 0 fully saturated rings. The van der Waals surface area contributed by atoms with Crippen molar-refractivity contribution in [1.29, 1.82) is 0 Å². The van der Waals surface area contributed by atoms with E-state index in [0.717, 1.165) is 35.1 Å². The molecule has 2 bridgehead atoms. The molecule has 0 radical (unpaired) electrons. The van der Waals surface area contributed by atoms with Gasteiger partial charge in [-0.1, -0.05) is 12.2 Å². The van der Waals surface area contributed by atoms with Crippen LogP contribution in [0.25, 0.3) is 33.3 Å². The zero-order valence-electron chi connectivity index (χ0n) is 23.1. The Morgan fingerprint density at radius 3 is 2.81 bits per heavy atom. The minimum Gasteiger partial charge on any atom is -0.482 e.